The predicted octanol–water partition coefficient (Wildman–Crippen LogP) is 4.90. The summed E-state index contributed by atoms with van der Waals surface area (Å²) in [6.45, 7) is 13.7. The molecule has 1 aromatic heterocycles. The van der Waals surface area contributed by atoms with Gasteiger partial charge in [0.25, 0.3) is 0 Å². The van der Waals surface area contributed by atoms with E-state index in [0.29, 0.717) is 12.5 Å². The van der Waals surface area contributed by atoms with Crippen molar-refractivity contribution in [2.24, 2.45) is 0 Å². The van der Waals surface area contributed by atoms with E-state index in [1.807, 2.05) is 31.9 Å². The molecule has 2 heterocycles. The minimum absolute atomic E-state index is 0.0974. The van der Waals surface area contributed by atoms with E-state index < -0.39 is 5.60 Å². The molecule has 30 heavy (non-hydrogen) atoms. The van der Waals surface area contributed by atoms with E-state index in [2.05, 4.69) is 48.9 Å². The number of benzene rings is 1. The fourth-order valence-electron chi connectivity index (χ4n) is 4.34. The second-order valence-corrected chi connectivity index (χ2v) is 10.0. The molecule has 1 saturated heterocycles. The zero-order chi connectivity index (χ0) is 21.6. The maximum atomic E-state index is 12.6. The van der Waals surface area contributed by atoms with Gasteiger partial charge in [0.05, 0.1) is 16.7 Å². The number of nitrogens with zero attached hydrogens (tertiary/aromatic N) is 4. The second-order valence-electron chi connectivity index (χ2n) is 10.0. The van der Waals surface area contributed by atoms with Gasteiger partial charge in [-0.1, -0.05) is 6.07 Å². The molecule has 1 aromatic carbocycles. The summed E-state index contributed by atoms with van der Waals surface area (Å²) in [5.74, 6) is 0.602. The Kier molecular flexibility index (Phi) is 5.47. The number of hydrogen-bond acceptors (Lipinski definition) is 5. The first kappa shape index (κ1) is 21.0. The molecule has 0 bridgehead atoms. The van der Waals surface area contributed by atoms with Crippen LogP contribution in [0, 0.1) is 0 Å². The summed E-state index contributed by atoms with van der Waals surface area (Å²) in [5.41, 5.74) is 3.83. The number of rotatable bonds is 3. The lowest BCUT2D eigenvalue weighted by molar-refractivity contribution is -0.0184. The highest BCUT2D eigenvalue weighted by molar-refractivity contribution is 5.75. The van der Waals surface area contributed by atoms with Crippen LogP contribution in [-0.4, -0.2) is 56.6 Å². The molecular weight excluding hydrogens is 376 g/mol. The summed E-state index contributed by atoms with van der Waals surface area (Å²) < 4.78 is 5.61. The fourth-order valence-corrected chi connectivity index (χ4v) is 4.34. The Morgan fingerprint density at radius 1 is 1.13 bits per heavy atom. The summed E-state index contributed by atoms with van der Waals surface area (Å²) in [4.78, 5) is 26.5. The third-order valence-electron chi connectivity index (χ3n) is 6.22. The first-order valence-electron chi connectivity index (χ1n) is 11.1. The number of hydrogen-bond donors (Lipinski definition) is 0. The van der Waals surface area contributed by atoms with Crippen molar-refractivity contribution in [3.63, 3.8) is 0 Å². The average Bonchev–Trinajstić information content (AvgIpc) is 3.52. The highest BCUT2D eigenvalue weighted by atomic mass is 16.6. The molecule has 4 rings (SSSR count). The van der Waals surface area contributed by atoms with Gasteiger partial charge in [-0.25, -0.2) is 9.78 Å². The highest BCUT2D eigenvalue weighted by Crippen LogP contribution is 2.39. The number of ether oxygens (including phenoxy) is 1. The molecule has 2 aliphatic rings. The van der Waals surface area contributed by atoms with Crippen LogP contribution >= 0.6 is 0 Å². The zero-order valence-electron chi connectivity index (χ0n) is 19.1. The van der Waals surface area contributed by atoms with E-state index in [4.69, 9.17) is 9.72 Å². The molecule has 6 nitrogen and oxygen atoms in total. The molecule has 1 aliphatic heterocycles. The van der Waals surface area contributed by atoms with Crippen molar-refractivity contribution in [1.82, 2.24) is 19.8 Å². The van der Waals surface area contributed by atoms with Crippen LogP contribution in [0.15, 0.2) is 24.4 Å². The number of carbonyl (C=O) groups excluding carboxylic acids is 1. The van der Waals surface area contributed by atoms with Gasteiger partial charge < -0.3 is 9.64 Å². The Labute approximate surface area is 179 Å². The molecule has 1 saturated carbocycles. The molecule has 3 atom stereocenters. The summed E-state index contributed by atoms with van der Waals surface area (Å²) in [6, 6.07) is 7.00. The Hall–Kier alpha value is -2.21. The lowest BCUT2D eigenvalue weighted by atomic mass is 10.0. The number of aromatic nitrogens is 2. The van der Waals surface area contributed by atoms with E-state index in [1.54, 1.807) is 0 Å². The van der Waals surface area contributed by atoms with E-state index >= 15 is 0 Å². The third kappa shape index (κ3) is 4.43. The van der Waals surface area contributed by atoms with Crippen LogP contribution in [0.2, 0.25) is 0 Å². The molecule has 1 unspecified atom stereocenters. The zero-order valence-corrected chi connectivity index (χ0v) is 19.1. The van der Waals surface area contributed by atoms with Gasteiger partial charge in [-0.2, -0.15) is 0 Å². The molecule has 2 aromatic rings. The fraction of sp³-hybridized carbons (Fsp3) is 0.625. The van der Waals surface area contributed by atoms with Crippen LogP contribution in [0.5, 0.6) is 0 Å². The van der Waals surface area contributed by atoms with E-state index in [9.17, 15) is 4.79 Å². The van der Waals surface area contributed by atoms with Crippen molar-refractivity contribution in [2.75, 3.05) is 13.1 Å². The van der Waals surface area contributed by atoms with E-state index in [1.165, 1.54) is 18.4 Å². The summed E-state index contributed by atoms with van der Waals surface area (Å²) in [5, 5.41) is 0. The smallest absolute Gasteiger partial charge is 0.410 e. The Balaban J connectivity index is 1.50. The number of carbonyl (C=O) groups is 1. The number of amides is 1. The van der Waals surface area contributed by atoms with Crippen molar-refractivity contribution < 1.29 is 9.53 Å². The summed E-state index contributed by atoms with van der Waals surface area (Å²) in [7, 11) is 0. The minimum Gasteiger partial charge on any atom is -0.444 e. The molecule has 162 valence electrons. The van der Waals surface area contributed by atoms with Crippen molar-refractivity contribution in [3.8, 4) is 0 Å². The lowest BCUT2D eigenvalue weighted by Gasteiger charge is -2.46. The second kappa shape index (κ2) is 7.80. The maximum Gasteiger partial charge on any atom is 0.410 e. The van der Waals surface area contributed by atoms with Crippen LogP contribution in [0.1, 0.15) is 77.6 Å². The summed E-state index contributed by atoms with van der Waals surface area (Å²) in [6.07, 6.45) is 4.17. The molecule has 0 radical (unpaired) electrons. The lowest BCUT2D eigenvalue weighted by Crippen LogP contribution is -2.59. The van der Waals surface area contributed by atoms with Gasteiger partial charge in [-0.15, -0.1) is 0 Å². The predicted molar refractivity (Wildman–Crippen MR) is 118 cm³/mol. The van der Waals surface area contributed by atoms with Crippen LogP contribution < -0.4 is 0 Å². The van der Waals surface area contributed by atoms with E-state index in [-0.39, 0.29) is 24.2 Å². The molecule has 1 aliphatic carbocycles. The first-order chi connectivity index (χ1) is 14.1. The van der Waals surface area contributed by atoms with Crippen LogP contribution in [0.4, 0.5) is 4.79 Å². The van der Waals surface area contributed by atoms with Crippen molar-refractivity contribution in [2.45, 2.75) is 84.0 Å². The monoisotopic (exact) mass is 410 g/mol. The third-order valence-corrected chi connectivity index (χ3v) is 6.22. The Morgan fingerprint density at radius 3 is 2.53 bits per heavy atom. The standard InChI is InChI=1S/C24H34N4O2/c1-15-14-28(23(29)30-24(4,5)6)16(2)13-27(15)17(3)19-9-10-20-21(11-19)26-22(12-25-20)18-7-8-18/h9-12,15-18H,7-8,13-14H2,1-6H3/t15-,16+,17?/m1/s1. The van der Waals surface area contributed by atoms with Crippen LogP contribution in [0.3, 0.4) is 0 Å². The topological polar surface area (TPSA) is 58.6 Å². The minimum atomic E-state index is -0.476. The van der Waals surface area contributed by atoms with Crippen LogP contribution in [0.25, 0.3) is 11.0 Å². The molecular formula is C24H34N4O2. The van der Waals surface area contributed by atoms with Gasteiger partial charge in [0.1, 0.15) is 5.60 Å². The average molecular weight is 411 g/mol. The van der Waals surface area contributed by atoms with E-state index in [0.717, 1.165) is 23.3 Å². The Bertz CT molecular complexity index is 934. The van der Waals surface area contributed by atoms with Gasteiger partial charge in [-0.3, -0.25) is 9.88 Å². The van der Waals surface area contributed by atoms with Gasteiger partial charge in [-0.05, 0) is 72.1 Å². The first-order valence-corrected chi connectivity index (χ1v) is 11.1. The van der Waals surface area contributed by atoms with Crippen molar-refractivity contribution in [1.29, 1.82) is 0 Å². The van der Waals surface area contributed by atoms with Gasteiger partial charge in [0.15, 0.2) is 0 Å². The van der Waals surface area contributed by atoms with Gasteiger partial charge >= 0.3 is 6.09 Å². The molecule has 6 heteroatoms. The van der Waals surface area contributed by atoms with Gasteiger partial charge in [0, 0.05) is 43.3 Å². The number of fused-ring (bicyclic) bond motifs is 1. The maximum absolute atomic E-state index is 12.6. The van der Waals surface area contributed by atoms with Crippen LogP contribution in [-0.2, 0) is 4.74 Å². The molecule has 0 N–H and O–H groups in total. The summed E-state index contributed by atoms with van der Waals surface area (Å²) >= 11 is 0. The normalized spacial score (nSPS) is 24.1. The van der Waals surface area contributed by atoms with Crippen molar-refractivity contribution in [3.05, 3.63) is 35.7 Å². The number of piperazine rings is 1. The quantitative estimate of drug-likeness (QED) is 0.720. The Morgan fingerprint density at radius 2 is 1.87 bits per heavy atom. The molecule has 1 amide bonds. The molecule has 0 spiro atoms. The van der Waals surface area contributed by atoms with Gasteiger partial charge in [0.2, 0.25) is 0 Å². The molecule has 2 fully saturated rings. The largest absolute Gasteiger partial charge is 0.444 e. The SMILES string of the molecule is CC(c1ccc2ncc(C3CC3)nc2c1)N1C[C@H](C)N(C(=O)OC(C)(C)C)C[C@H]1C. The van der Waals surface area contributed by atoms with Crippen molar-refractivity contribution >= 4 is 17.1 Å². The highest BCUT2D eigenvalue weighted by Gasteiger charge is 2.36.